The third kappa shape index (κ3) is 7.46. The minimum atomic E-state index is -0.0880. The molecular formula is C16H24O4. The Morgan fingerprint density at radius 3 is 2.60 bits per heavy atom. The van der Waals surface area contributed by atoms with Crippen LogP contribution in [0.5, 0.6) is 11.5 Å². The van der Waals surface area contributed by atoms with Gasteiger partial charge in [-0.05, 0) is 37.5 Å². The number of ether oxygens (including phenoxy) is 2. The van der Waals surface area contributed by atoms with Crippen LogP contribution in [0.1, 0.15) is 32.3 Å². The molecule has 0 bridgehead atoms. The molecule has 112 valence electrons. The molecule has 0 saturated heterocycles. The second kappa shape index (κ2) is 10.9. The third-order valence-electron chi connectivity index (χ3n) is 2.38. The SMILES string of the molecule is C=CCc1ccc(O)c(OC)c1.CCCC(=O)OCC. The molecule has 0 atom stereocenters. The average molecular weight is 280 g/mol. The fraction of sp³-hybridized carbons (Fsp3) is 0.438. The Morgan fingerprint density at radius 1 is 1.40 bits per heavy atom. The number of hydrogen-bond acceptors (Lipinski definition) is 4. The van der Waals surface area contributed by atoms with E-state index < -0.39 is 0 Å². The van der Waals surface area contributed by atoms with Gasteiger partial charge in [0.05, 0.1) is 13.7 Å². The van der Waals surface area contributed by atoms with Gasteiger partial charge in [0.1, 0.15) is 0 Å². The molecule has 0 aliphatic carbocycles. The fourth-order valence-electron chi connectivity index (χ4n) is 1.45. The van der Waals surface area contributed by atoms with Gasteiger partial charge in [-0.1, -0.05) is 19.1 Å². The van der Waals surface area contributed by atoms with Gasteiger partial charge in [-0.15, -0.1) is 6.58 Å². The van der Waals surface area contributed by atoms with Crippen LogP contribution >= 0.6 is 0 Å². The van der Waals surface area contributed by atoms with Crippen LogP contribution in [-0.4, -0.2) is 24.8 Å². The number of carbonyl (C=O) groups is 1. The van der Waals surface area contributed by atoms with Crippen molar-refractivity contribution in [2.45, 2.75) is 33.1 Å². The van der Waals surface area contributed by atoms with Crippen molar-refractivity contribution in [3.05, 3.63) is 36.4 Å². The third-order valence-corrected chi connectivity index (χ3v) is 2.38. The molecule has 1 aromatic carbocycles. The van der Waals surface area contributed by atoms with E-state index in [-0.39, 0.29) is 11.7 Å². The highest BCUT2D eigenvalue weighted by atomic mass is 16.5. The number of benzene rings is 1. The predicted molar refractivity (Wildman–Crippen MR) is 80.1 cm³/mol. The van der Waals surface area contributed by atoms with Crippen LogP contribution in [-0.2, 0) is 16.0 Å². The van der Waals surface area contributed by atoms with Gasteiger partial charge in [-0.2, -0.15) is 0 Å². The van der Waals surface area contributed by atoms with Crippen LogP contribution in [0.15, 0.2) is 30.9 Å². The van der Waals surface area contributed by atoms with E-state index in [9.17, 15) is 9.90 Å². The summed E-state index contributed by atoms with van der Waals surface area (Å²) in [6.07, 6.45) is 4.02. The van der Waals surface area contributed by atoms with Crippen LogP contribution in [0.2, 0.25) is 0 Å². The Balaban J connectivity index is 0.000000396. The van der Waals surface area contributed by atoms with Crippen LogP contribution in [0.3, 0.4) is 0 Å². The summed E-state index contributed by atoms with van der Waals surface area (Å²) >= 11 is 0. The van der Waals surface area contributed by atoms with Gasteiger partial charge in [-0.3, -0.25) is 4.79 Å². The zero-order valence-corrected chi connectivity index (χ0v) is 12.5. The second-order valence-electron chi connectivity index (χ2n) is 4.05. The minimum absolute atomic E-state index is 0.0880. The summed E-state index contributed by atoms with van der Waals surface area (Å²) in [7, 11) is 1.53. The molecule has 0 aliphatic rings. The molecule has 0 unspecified atom stereocenters. The zero-order valence-electron chi connectivity index (χ0n) is 12.5. The van der Waals surface area contributed by atoms with Crippen molar-refractivity contribution in [3.8, 4) is 11.5 Å². The standard InChI is InChI=1S/C10H12O2.C6H12O2/c1-3-4-8-5-6-9(11)10(7-8)12-2;1-3-5-6(7)8-4-2/h3,5-7,11H,1,4H2,2H3;3-5H2,1-2H3. The predicted octanol–water partition coefficient (Wildman–Crippen LogP) is 3.48. The Morgan fingerprint density at radius 2 is 2.10 bits per heavy atom. The van der Waals surface area contributed by atoms with Crippen molar-refractivity contribution in [1.29, 1.82) is 0 Å². The normalized spacial score (nSPS) is 9.15. The Hall–Kier alpha value is -1.97. The maximum atomic E-state index is 10.4. The molecule has 1 rings (SSSR count). The first kappa shape index (κ1) is 18.0. The lowest BCUT2D eigenvalue weighted by atomic mass is 10.1. The van der Waals surface area contributed by atoms with Crippen LogP contribution in [0.4, 0.5) is 0 Å². The Labute approximate surface area is 121 Å². The van der Waals surface area contributed by atoms with E-state index in [4.69, 9.17) is 4.74 Å². The maximum Gasteiger partial charge on any atom is 0.305 e. The number of allylic oxidation sites excluding steroid dienone is 1. The van der Waals surface area contributed by atoms with Gasteiger partial charge in [0.25, 0.3) is 0 Å². The molecule has 0 spiro atoms. The number of methoxy groups -OCH3 is 1. The minimum Gasteiger partial charge on any atom is -0.504 e. The maximum absolute atomic E-state index is 10.4. The van der Waals surface area contributed by atoms with E-state index in [1.165, 1.54) is 7.11 Å². The number of aromatic hydroxyl groups is 1. The summed E-state index contributed by atoms with van der Waals surface area (Å²) in [5.41, 5.74) is 1.08. The number of phenols is 1. The molecule has 20 heavy (non-hydrogen) atoms. The Bertz CT molecular complexity index is 405. The van der Waals surface area contributed by atoms with E-state index in [0.29, 0.717) is 18.8 Å². The van der Waals surface area contributed by atoms with Crippen LogP contribution in [0, 0.1) is 0 Å². The highest BCUT2D eigenvalue weighted by Gasteiger charge is 2.00. The largest absolute Gasteiger partial charge is 0.504 e. The molecule has 1 aromatic rings. The molecule has 0 fully saturated rings. The smallest absolute Gasteiger partial charge is 0.305 e. The summed E-state index contributed by atoms with van der Waals surface area (Å²) in [6, 6.07) is 5.27. The quantitative estimate of drug-likeness (QED) is 0.640. The molecule has 0 heterocycles. The summed E-state index contributed by atoms with van der Waals surface area (Å²) < 4.78 is 9.59. The lowest BCUT2D eigenvalue weighted by Gasteiger charge is -2.04. The van der Waals surface area contributed by atoms with Crippen molar-refractivity contribution in [1.82, 2.24) is 0 Å². The number of esters is 1. The van der Waals surface area contributed by atoms with Gasteiger partial charge >= 0.3 is 5.97 Å². The van der Waals surface area contributed by atoms with Gasteiger partial charge in [0.15, 0.2) is 11.5 Å². The van der Waals surface area contributed by atoms with Crippen LogP contribution in [0.25, 0.3) is 0 Å². The average Bonchev–Trinajstić information content (AvgIpc) is 2.42. The number of carbonyl (C=O) groups excluding carboxylic acids is 1. The summed E-state index contributed by atoms with van der Waals surface area (Å²) in [6.45, 7) is 7.90. The summed E-state index contributed by atoms with van der Waals surface area (Å²) in [4.78, 5) is 10.4. The highest BCUT2D eigenvalue weighted by Crippen LogP contribution is 2.26. The first-order chi connectivity index (χ1) is 9.58. The first-order valence-corrected chi connectivity index (χ1v) is 6.71. The molecule has 0 aromatic heterocycles. The van der Waals surface area contributed by atoms with E-state index in [0.717, 1.165) is 18.4 Å². The first-order valence-electron chi connectivity index (χ1n) is 6.71. The van der Waals surface area contributed by atoms with Gasteiger partial charge in [0.2, 0.25) is 0 Å². The van der Waals surface area contributed by atoms with Crippen molar-refractivity contribution in [2.24, 2.45) is 0 Å². The summed E-state index contributed by atoms with van der Waals surface area (Å²) in [5, 5.41) is 9.25. The lowest BCUT2D eigenvalue weighted by molar-refractivity contribution is -0.143. The van der Waals surface area contributed by atoms with Crippen molar-refractivity contribution in [3.63, 3.8) is 0 Å². The van der Waals surface area contributed by atoms with E-state index in [1.807, 2.05) is 26.0 Å². The van der Waals surface area contributed by atoms with Gasteiger partial charge < -0.3 is 14.6 Å². The molecule has 0 saturated carbocycles. The topological polar surface area (TPSA) is 55.8 Å². The van der Waals surface area contributed by atoms with Crippen molar-refractivity contribution >= 4 is 5.97 Å². The molecule has 4 nitrogen and oxygen atoms in total. The summed E-state index contributed by atoms with van der Waals surface area (Å²) in [5.74, 6) is 0.592. The Kier molecular flexibility index (Phi) is 9.83. The second-order valence-corrected chi connectivity index (χ2v) is 4.05. The van der Waals surface area contributed by atoms with Crippen LogP contribution < -0.4 is 4.74 Å². The lowest BCUT2D eigenvalue weighted by Crippen LogP contribution is -2.01. The van der Waals surface area contributed by atoms with E-state index >= 15 is 0 Å². The van der Waals surface area contributed by atoms with E-state index in [1.54, 1.807) is 12.1 Å². The van der Waals surface area contributed by atoms with Gasteiger partial charge in [-0.25, -0.2) is 0 Å². The van der Waals surface area contributed by atoms with Gasteiger partial charge in [0, 0.05) is 6.42 Å². The highest BCUT2D eigenvalue weighted by molar-refractivity contribution is 5.69. The molecule has 0 amide bonds. The van der Waals surface area contributed by atoms with Crippen molar-refractivity contribution < 1.29 is 19.4 Å². The molecule has 0 aliphatic heterocycles. The molecule has 1 N–H and O–H groups in total. The number of rotatable bonds is 6. The monoisotopic (exact) mass is 280 g/mol. The molecular weight excluding hydrogens is 256 g/mol. The van der Waals surface area contributed by atoms with E-state index in [2.05, 4.69) is 11.3 Å². The number of hydrogen-bond donors (Lipinski definition) is 1. The molecule has 0 radical (unpaired) electrons. The zero-order chi connectivity index (χ0) is 15.4. The number of phenolic OH excluding ortho intramolecular Hbond substituents is 1. The fourth-order valence-corrected chi connectivity index (χ4v) is 1.45. The molecule has 4 heteroatoms. The van der Waals surface area contributed by atoms with Crippen molar-refractivity contribution in [2.75, 3.05) is 13.7 Å².